The summed E-state index contributed by atoms with van der Waals surface area (Å²) in [5.74, 6) is 0. The molecule has 0 atom stereocenters. The van der Waals surface area contributed by atoms with Gasteiger partial charge in [0, 0.05) is 4.47 Å². The minimum Gasteiger partial charge on any atom is -0.398 e. The molecule has 0 amide bonds. The van der Waals surface area contributed by atoms with Gasteiger partial charge in [-0.1, -0.05) is 22.0 Å². The van der Waals surface area contributed by atoms with Crippen LogP contribution in [-0.2, 0) is 10.0 Å². The third kappa shape index (κ3) is 3.35. The molecule has 0 heterocycles. The van der Waals surface area contributed by atoms with E-state index in [0.29, 0.717) is 4.47 Å². The number of rotatable bonds is 3. The number of nitriles is 1. The zero-order valence-electron chi connectivity index (χ0n) is 11.1. The molecular weight excluding hydrogens is 354 g/mol. The third-order valence-corrected chi connectivity index (χ3v) is 4.73. The van der Waals surface area contributed by atoms with E-state index in [1.54, 1.807) is 18.2 Å². The van der Waals surface area contributed by atoms with Crippen LogP contribution in [0.5, 0.6) is 0 Å². The third-order valence-electron chi connectivity index (χ3n) is 2.80. The van der Waals surface area contributed by atoms with Crippen molar-refractivity contribution in [2.24, 2.45) is 0 Å². The van der Waals surface area contributed by atoms with Crippen molar-refractivity contribution < 1.29 is 8.42 Å². The van der Waals surface area contributed by atoms with Gasteiger partial charge >= 0.3 is 0 Å². The number of aryl methyl sites for hydroxylation is 1. The van der Waals surface area contributed by atoms with E-state index in [2.05, 4.69) is 20.7 Å². The average molecular weight is 366 g/mol. The number of hydrogen-bond acceptors (Lipinski definition) is 4. The van der Waals surface area contributed by atoms with Crippen molar-refractivity contribution in [2.75, 3.05) is 10.5 Å². The minimum atomic E-state index is -3.85. The van der Waals surface area contributed by atoms with Gasteiger partial charge in [-0.3, -0.25) is 4.72 Å². The van der Waals surface area contributed by atoms with Crippen molar-refractivity contribution in [3.63, 3.8) is 0 Å². The molecule has 21 heavy (non-hydrogen) atoms. The molecule has 0 saturated heterocycles. The second kappa shape index (κ2) is 5.76. The fourth-order valence-corrected chi connectivity index (χ4v) is 3.37. The number of nitrogens with two attached hydrogens (primary N) is 1. The lowest BCUT2D eigenvalue weighted by atomic mass is 10.2. The fourth-order valence-electron chi connectivity index (χ4n) is 1.81. The van der Waals surface area contributed by atoms with Crippen molar-refractivity contribution in [1.29, 1.82) is 5.26 Å². The van der Waals surface area contributed by atoms with Gasteiger partial charge in [-0.05, 0) is 42.8 Å². The van der Waals surface area contributed by atoms with E-state index in [1.165, 1.54) is 18.2 Å². The molecule has 0 aliphatic rings. The van der Waals surface area contributed by atoms with Gasteiger partial charge in [0.25, 0.3) is 10.0 Å². The quantitative estimate of drug-likeness (QED) is 0.817. The number of benzene rings is 2. The van der Waals surface area contributed by atoms with E-state index in [0.717, 1.165) is 5.56 Å². The van der Waals surface area contributed by atoms with E-state index in [4.69, 9.17) is 11.0 Å². The molecule has 3 N–H and O–H groups in total. The molecule has 5 nitrogen and oxygen atoms in total. The van der Waals surface area contributed by atoms with E-state index in [9.17, 15) is 8.42 Å². The Kier molecular flexibility index (Phi) is 4.21. The topological polar surface area (TPSA) is 96.0 Å². The molecule has 0 radical (unpaired) electrons. The van der Waals surface area contributed by atoms with Gasteiger partial charge in [0.2, 0.25) is 0 Å². The molecule has 0 unspecified atom stereocenters. The Balaban J connectivity index is 2.45. The van der Waals surface area contributed by atoms with Crippen LogP contribution >= 0.6 is 15.9 Å². The van der Waals surface area contributed by atoms with Gasteiger partial charge in [0.05, 0.1) is 16.9 Å². The van der Waals surface area contributed by atoms with E-state index < -0.39 is 10.0 Å². The van der Waals surface area contributed by atoms with Crippen LogP contribution < -0.4 is 10.5 Å². The summed E-state index contributed by atoms with van der Waals surface area (Å²) in [6.45, 7) is 1.82. The minimum absolute atomic E-state index is 0.0140. The fraction of sp³-hybridized carbons (Fsp3) is 0.0714. The summed E-state index contributed by atoms with van der Waals surface area (Å²) in [6, 6.07) is 11.3. The first-order chi connectivity index (χ1) is 9.83. The number of halogens is 1. The molecule has 0 saturated carbocycles. The molecule has 2 aromatic carbocycles. The molecule has 2 aromatic rings. The highest BCUT2D eigenvalue weighted by atomic mass is 79.9. The summed E-state index contributed by atoms with van der Waals surface area (Å²) in [4.78, 5) is -0.0140. The zero-order valence-corrected chi connectivity index (χ0v) is 13.5. The highest BCUT2D eigenvalue weighted by Gasteiger charge is 2.19. The first-order valence-electron chi connectivity index (χ1n) is 5.92. The van der Waals surface area contributed by atoms with E-state index >= 15 is 0 Å². The lowest BCUT2D eigenvalue weighted by Crippen LogP contribution is -2.15. The largest absolute Gasteiger partial charge is 0.398 e. The Hall–Kier alpha value is -2.04. The lowest BCUT2D eigenvalue weighted by Gasteiger charge is -2.12. The van der Waals surface area contributed by atoms with Crippen molar-refractivity contribution >= 4 is 37.3 Å². The highest BCUT2D eigenvalue weighted by molar-refractivity contribution is 9.10. The van der Waals surface area contributed by atoms with Crippen LogP contribution in [0.15, 0.2) is 45.8 Å². The first kappa shape index (κ1) is 15.4. The number of sulfonamides is 1. The van der Waals surface area contributed by atoms with Crippen LogP contribution in [-0.4, -0.2) is 8.42 Å². The van der Waals surface area contributed by atoms with Crippen LogP contribution in [0.25, 0.3) is 0 Å². The van der Waals surface area contributed by atoms with E-state index in [1.807, 2.05) is 13.0 Å². The normalized spacial score (nSPS) is 10.9. The molecule has 0 aromatic heterocycles. The summed E-state index contributed by atoms with van der Waals surface area (Å²) in [5.41, 5.74) is 7.23. The Labute approximate surface area is 131 Å². The number of nitrogens with zero attached hydrogens (tertiary/aromatic N) is 1. The summed E-state index contributed by atoms with van der Waals surface area (Å²) in [5, 5.41) is 9.07. The monoisotopic (exact) mass is 365 g/mol. The number of nitrogens with one attached hydrogen (secondary N) is 1. The molecule has 7 heteroatoms. The smallest absolute Gasteiger partial charge is 0.263 e. The SMILES string of the molecule is Cc1ccc(S(=O)(=O)Nc2ccc(Br)cc2C#N)c(N)c1. The van der Waals surface area contributed by atoms with Crippen LogP contribution in [0.2, 0.25) is 0 Å². The molecule has 2 rings (SSSR count). The summed E-state index contributed by atoms with van der Waals surface area (Å²) in [7, 11) is -3.85. The molecule has 0 bridgehead atoms. The van der Waals surface area contributed by atoms with Crippen molar-refractivity contribution in [2.45, 2.75) is 11.8 Å². The van der Waals surface area contributed by atoms with Gasteiger partial charge in [-0.2, -0.15) is 5.26 Å². The predicted molar refractivity (Wildman–Crippen MR) is 85.3 cm³/mol. The maximum atomic E-state index is 12.4. The van der Waals surface area contributed by atoms with Crippen LogP contribution in [0, 0.1) is 18.3 Å². The molecule has 108 valence electrons. The summed E-state index contributed by atoms with van der Waals surface area (Å²) in [6.07, 6.45) is 0. The number of nitrogen functional groups attached to an aromatic ring is 1. The Bertz CT molecular complexity index is 842. The maximum absolute atomic E-state index is 12.4. The van der Waals surface area contributed by atoms with Crippen molar-refractivity contribution in [3.8, 4) is 6.07 Å². The van der Waals surface area contributed by atoms with Gasteiger partial charge in [-0.15, -0.1) is 0 Å². The number of anilines is 2. The first-order valence-corrected chi connectivity index (χ1v) is 8.20. The lowest BCUT2D eigenvalue weighted by molar-refractivity contribution is 0.601. The molecular formula is C14H12BrN3O2S. The second-order valence-electron chi connectivity index (χ2n) is 4.45. The van der Waals surface area contributed by atoms with Gasteiger partial charge < -0.3 is 5.73 Å². The van der Waals surface area contributed by atoms with Crippen molar-refractivity contribution in [1.82, 2.24) is 0 Å². The predicted octanol–water partition coefficient (Wildman–Crippen LogP) is 3.01. The molecule has 0 aliphatic heterocycles. The average Bonchev–Trinajstić information content (AvgIpc) is 2.40. The Morgan fingerprint density at radius 1 is 1.24 bits per heavy atom. The number of hydrogen-bond donors (Lipinski definition) is 2. The maximum Gasteiger partial charge on any atom is 0.263 e. The summed E-state index contributed by atoms with van der Waals surface area (Å²) < 4.78 is 27.8. The van der Waals surface area contributed by atoms with Crippen LogP contribution in [0.3, 0.4) is 0 Å². The standard InChI is InChI=1S/C14H12BrN3O2S/c1-9-2-5-14(12(17)6-9)21(19,20)18-13-4-3-11(15)7-10(13)8-16/h2-7,18H,17H2,1H3. The Morgan fingerprint density at radius 3 is 2.57 bits per heavy atom. The molecule has 0 aliphatic carbocycles. The van der Waals surface area contributed by atoms with Crippen molar-refractivity contribution in [3.05, 3.63) is 52.0 Å². The van der Waals surface area contributed by atoms with Gasteiger partial charge in [-0.25, -0.2) is 8.42 Å². The second-order valence-corrected chi connectivity index (χ2v) is 7.01. The van der Waals surface area contributed by atoms with Crippen LogP contribution in [0.1, 0.15) is 11.1 Å². The highest BCUT2D eigenvalue weighted by Crippen LogP contribution is 2.26. The van der Waals surface area contributed by atoms with Crippen LogP contribution in [0.4, 0.5) is 11.4 Å². The van der Waals surface area contributed by atoms with E-state index in [-0.39, 0.29) is 21.8 Å². The zero-order chi connectivity index (χ0) is 15.6. The van der Waals surface area contributed by atoms with Gasteiger partial charge in [0.1, 0.15) is 11.0 Å². The summed E-state index contributed by atoms with van der Waals surface area (Å²) >= 11 is 3.23. The van der Waals surface area contributed by atoms with Gasteiger partial charge in [0.15, 0.2) is 0 Å². The Morgan fingerprint density at radius 2 is 1.95 bits per heavy atom. The molecule has 0 spiro atoms. The molecule has 0 fully saturated rings.